The predicted octanol–water partition coefficient (Wildman–Crippen LogP) is 6.30. The van der Waals surface area contributed by atoms with Crippen LogP contribution < -0.4 is 11.5 Å². The van der Waals surface area contributed by atoms with E-state index in [0.29, 0.717) is 5.69 Å². The summed E-state index contributed by atoms with van der Waals surface area (Å²) in [5.41, 5.74) is 18.0. The second kappa shape index (κ2) is 7.57. The first kappa shape index (κ1) is 17.3. The molecule has 4 N–H and O–H groups in total. The smallest absolute Gasteiger partial charge is 0.0916 e. The molecule has 0 spiro atoms. The number of anilines is 2. The second-order valence-corrected chi connectivity index (χ2v) is 6.01. The third kappa shape index (κ3) is 4.30. The number of benzene rings is 3. The van der Waals surface area contributed by atoms with Crippen molar-refractivity contribution in [3.05, 3.63) is 71.8 Å². The first-order valence-electron chi connectivity index (χ1n) is 8.17. The van der Waals surface area contributed by atoms with E-state index in [2.05, 4.69) is 20.5 Å². The molecule has 3 aromatic carbocycles. The molecule has 0 radical (unpaired) electrons. The summed E-state index contributed by atoms with van der Waals surface area (Å²) in [6.45, 7) is 3.94. The lowest BCUT2D eigenvalue weighted by molar-refractivity contribution is 1.18. The second-order valence-electron chi connectivity index (χ2n) is 6.01. The van der Waals surface area contributed by atoms with Crippen LogP contribution >= 0.6 is 0 Å². The molecule has 0 fully saturated rings. The Labute approximate surface area is 152 Å². The van der Waals surface area contributed by atoms with Gasteiger partial charge in [-0.2, -0.15) is 20.5 Å². The van der Waals surface area contributed by atoms with Crippen LogP contribution in [0.2, 0.25) is 0 Å². The predicted molar refractivity (Wildman–Crippen MR) is 106 cm³/mol. The van der Waals surface area contributed by atoms with Gasteiger partial charge in [-0.05, 0) is 85.6 Å². The van der Waals surface area contributed by atoms with E-state index in [9.17, 15) is 0 Å². The molecule has 0 heterocycles. The Morgan fingerprint density at radius 2 is 0.923 bits per heavy atom. The Morgan fingerprint density at radius 1 is 0.538 bits per heavy atom. The summed E-state index contributed by atoms with van der Waals surface area (Å²) in [5.74, 6) is 0. The van der Waals surface area contributed by atoms with E-state index in [4.69, 9.17) is 11.5 Å². The highest BCUT2D eigenvalue weighted by Crippen LogP contribution is 2.29. The Kier molecular flexibility index (Phi) is 5.03. The molecule has 0 atom stereocenters. The molecule has 6 nitrogen and oxygen atoms in total. The molecule has 0 saturated heterocycles. The summed E-state index contributed by atoms with van der Waals surface area (Å²) in [6, 6.07) is 18.4. The number of nitrogens with two attached hydrogens (primary N) is 2. The fraction of sp³-hybridized carbons (Fsp3) is 0.100. The molecule has 0 saturated carbocycles. The van der Waals surface area contributed by atoms with E-state index >= 15 is 0 Å². The molecule has 3 rings (SSSR count). The average molecular weight is 344 g/mol. The van der Waals surface area contributed by atoms with Gasteiger partial charge < -0.3 is 11.5 Å². The zero-order valence-electron chi connectivity index (χ0n) is 14.7. The zero-order chi connectivity index (χ0) is 18.5. The van der Waals surface area contributed by atoms with Gasteiger partial charge in [-0.15, -0.1) is 0 Å². The van der Waals surface area contributed by atoms with Crippen molar-refractivity contribution < 1.29 is 0 Å². The van der Waals surface area contributed by atoms with Gasteiger partial charge in [-0.25, -0.2) is 0 Å². The molecule has 0 aromatic heterocycles. The Bertz CT molecular complexity index is 934. The van der Waals surface area contributed by atoms with Crippen molar-refractivity contribution >= 4 is 34.1 Å². The van der Waals surface area contributed by atoms with Gasteiger partial charge in [0.05, 0.1) is 22.7 Å². The zero-order valence-corrected chi connectivity index (χ0v) is 14.7. The lowest BCUT2D eigenvalue weighted by Crippen LogP contribution is -1.88. The number of azo groups is 2. The molecule has 0 aliphatic rings. The van der Waals surface area contributed by atoms with Crippen molar-refractivity contribution in [3.63, 3.8) is 0 Å². The van der Waals surface area contributed by atoms with Crippen LogP contribution in [0.15, 0.2) is 81.1 Å². The Hall–Kier alpha value is -3.54. The van der Waals surface area contributed by atoms with Crippen molar-refractivity contribution in [1.29, 1.82) is 0 Å². The number of nitrogens with zero attached hydrogens (tertiary/aromatic N) is 4. The van der Waals surface area contributed by atoms with E-state index in [1.165, 1.54) is 0 Å². The molecule has 26 heavy (non-hydrogen) atoms. The molecule has 0 amide bonds. The van der Waals surface area contributed by atoms with Gasteiger partial charge >= 0.3 is 0 Å². The molecule has 0 aliphatic carbocycles. The lowest BCUT2D eigenvalue weighted by atomic mass is 10.1. The maximum Gasteiger partial charge on any atom is 0.0916 e. The van der Waals surface area contributed by atoms with Crippen LogP contribution in [0.5, 0.6) is 0 Å². The largest absolute Gasteiger partial charge is 0.399 e. The van der Waals surface area contributed by atoms with E-state index in [1.54, 1.807) is 12.1 Å². The van der Waals surface area contributed by atoms with Crippen LogP contribution in [-0.4, -0.2) is 0 Å². The summed E-state index contributed by atoms with van der Waals surface area (Å²) in [4.78, 5) is 0. The van der Waals surface area contributed by atoms with Gasteiger partial charge in [0.15, 0.2) is 0 Å². The van der Waals surface area contributed by atoms with E-state index < -0.39 is 0 Å². The van der Waals surface area contributed by atoms with E-state index in [1.807, 2.05) is 62.4 Å². The van der Waals surface area contributed by atoms with Crippen LogP contribution in [0, 0.1) is 13.8 Å². The Morgan fingerprint density at radius 3 is 1.38 bits per heavy atom. The lowest BCUT2D eigenvalue weighted by Gasteiger charge is -2.05. The SMILES string of the molecule is Cc1cc(N)cc(C)c1N=Nc1ccc(N=Nc2ccc(N)cc2)cc1. The van der Waals surface area contributed by atoms with Crippen LogP contribution in [-0.2, 0) is 0 Å². The third-order valence-electron chi connectivity index (χ3n) is 3.80. The minimum Gasteiger partial charge on any atom is -0.399 e. The molecule has 0 aliphatic heterocycles. The average Bonchev–Trinajstić information content (AvgIpc) is 2.61. The number of hydrogen-bond donors (Lipinski definition) is 2. The van der Waals surface area contributed by atoms with Gasteiger partial charge in [0, 0.05) is 11.4 Å². The minimum absolute atomic E-state index is 0.699. The summed E-state index contributed by atoms with van der Waals surface area (Å²) in [5, 5.41) is 17.0. The normalized spacial score (nSPS) is 11.5. The molecular weight excluding hydrogens is 324 g/mol. The van der Waals surface area contributed by atoms with Crippen molar-refractivity contribution in [2.24, 2.45) is 20.5 Å². The molecule has 0 bridgehead atoms. The topological polar surface area (TPSA) is 101 Å². The quantitative estimate of drug-likeness (QED) is 0.428. The highest BCUT2D eigenvalue weighted by molar-refractivity contribution is 5.59. The van der Waals surface area contributed by atoms with Crippen LogP contribution in [0.25, 0.3) is 0 Å². The monoisotopic (exact) mass is 344 g/mol. The number of aryl methyl sites for hydroxylation is 2. The van der Waals surface area contributed by atoms with Crippen molar-refractivity contribution in [2.45, 2.75) is 13.8 Å². The van der Waals surface area contributed by atoms with Crippen molar-refractivity contribution in [2.75, 3.05) is 11.5 Å². The fourth-order valence-electron chi connectivity index (χ4n) is 2.50. The van der Waals surface area contributed by atoms with Gasteiger partial charge in [-0.1, -0.05) is 0 Å². The maximum atomic E-state index is 5.83. The first-order valence-corrected chi connectivity index (χ1v) is 8.17. The standard InChI is InChI=1S/C20H20N6/c1-13-11-16(22)12-14(2)20(13)26-25-19-9-7-18(8-10-19)24-23-17-5-3-15(21)4-6-17/h3-12H,21-22H2,1-2H3. The first-order chi connectivity index (χ1) is 12.5. The number of rotatable bonds is 4. The van der Waals surface area contributed by atoms with Crippen LogP contribution in [0.4, 0.5) is 34.1 Å². The van der Waals surface area contributed by atoms with Gasteiger partial charge in [-0.3, -0.25) is 0 Å². The van der Waals surface area contributed by atoms with E-state index in [-0.39, 0.29) is 0 Å². The van der Waals surface area contributed by atoms with E-state index in [0.717, 1.165) is 39.6 Å². The van der Waals surface area contributed by atoms with Gasteiger partial charge in [0.2, 0.25) is 0 Å². The number of nitrogen functional groups attached to an aromatic ring is 2. The molecule has 130 valence electrons. The summed E-state index contributed by atoms with van der Waals surface area (Å²) >= 11 is 0. The minimum atomic E-state index is 0.699. The van der Waals surface area contributed by atoms with Crippen LogP contribution in [0.1, 0.15) is 11.1 Å². The molecule has 3 aromatic rings. The number of hydrogen-bond acceptors (Lipinski definition) is 6. The van der Waals surface area contributed by atoms with Gasteiger partial charge in [0.25, 0.3) is 0 Å². The summed E-state index contributed by atoms with van der Waals surface area (Å²) < 4.78 is 0. The maximum absolute atomic E-state index is 5.83. The Balaban J connectivity index is 1.73. The van der Waals surface area contributed by atoms with Crippen molar-refractivity contribution in [1.82, 2.24) is 0 Å². The van der Waals surface area contributed by atoms with Crippen LogP contribution in [0.3, 0.4) is 0 Å². The molecule has 6 heteroatoms. The fourth-order valence-corrected chi connectivity index (χ4v) is 2.50. The summed E-state index contributed by atoms with van der Waals surface area (Å²) in [7, 11) is 0. The summed E-state index contributed by atoms with van der Waals surface area (Å²) in [6.07, 6.45) is 0. The highest BCUT2D eigenvalue weighted by Gasteiger charge is 2.03. The van der Waals surface area contributed by atoms with Gasteiger partial charge in [0.1, 0.15) is 0 Å². The molecular formula is C20H20N6. The third-order valence-corrected chi connectivity index (χ3v) is 3.80. The molecule has 0 unspecified atom stereocenters. The highest BCUT2D eigenvalue weighted by atomic mass is 15.1. The van der Waals surface area contributed by atoms with Crippen molar-refractivity contribution in [3.8, 4) is 0 Å².